The zero-order valence-corrected chi connectivity index (χ0v) is 19.6. The molecule has 5 rings (SSSR count). The van der Waals surface area contributed by atoms with Gasteiger partial charge in [0.1, 0.15) is 11.6 Å². The smallest absolute Gasteiger partial charge is 0.256 e. The molecule has 1 saturated heterocycles. The number of halogens is 1. The molecule has 0 radical (unpaired) electrons. The van der Waals surface area contributed by atoms with E-state index in [0.29, 0.717) is 24.5 Å². The number of carbonyl (C=O) groups is 1. The Morgan fingerprint density at radius 2 is 1.68 bits per heavy atom. The number of rotatable bonds is 5. The van der Waals surface area contributed by atoms with Crippen LogP contribution >= 0.6 is 11.6 Å². The highest BCUT2D eigenvalue weighted by molar-refractivity contribution is 6.30. The molecule has 1 aromatic heterocycles. The minimum Gasteiger partial charge on any atom is -0.497 e. The van der Waals surface area contributed by atoms with E-state index < -0.39 is 0 Å². The molecule has 0 spiro atoms. The minimum absolute atomic E-state index is 0.00504. The van der Waals surface area contributed by atoms with E-state index >= 15 is 0 Å². The molecular weight excluding hydrogens is 448 g/mol. The Bertz CT molecular complexity index is 1320. The molecule has 0 atom stereocenters. The fraction of sp³-hybridized carbons (Fsp3) is 0.185. The number of amides is 1. The molecule has 4 aromatic rings. The molecule has 3 aromatic carbocycles. The van der Waals surface area contributed by atoms with Crippen LogP contribution in [0.5, 0.6) is 5.75 Å². The lowest BCUT2D eigenvalue weighted by Crippen LogP contribution is -2.48. The van der Waals surface area contributed by atoms with E-state index in [0.717, 1.165) is 46.0 Å². The molecule has 1 fully saturated rings. The van der Waals surface area contributed by atoms with E-state index in [1.165, 1.54) is 0 Å². The summed E-state index contributed by atoms with van der Waals surface area (Å²) in [5.74, 6) is 1.51. The normalized spacial score (nSPS) is 13.7. The van der Waals surface area contributed by atoms with Gasteiger partial charge in [0.15, 0.2) is 0 Å². The van der Waals surface area contributed by atoms with Crippen molar-refractivity contribution >= 4 is 45.5 Å². The maximum absolute atomic E-state index is 13.5. The monoisotopic (exact) mass is 472 g/mol. The summed E-state index contributed by atoms with van der Waals surface area (Å²) in [6.45, 7) is 2.81. The van der Waals surface area contributed by atoms with E-state index in [1.54, 1.807) is 13.3 Å². The zero-order chi connectivity index (χ0) is 23.5. The Labute approximate surface area is 203 Å². The fourth-order valence-electron chi connectivity index (χ4n) is 4.28. The Morgan fingerprint density at radius 3 is 2.38 bits per heavy atom. The van der Waals surface area contributed by atoms with Crippen molar-refractivity contribution in [2.24, 2.45) is 0 Å². The summed E-state index contributed by atoms with van der Waals surface area (Å²) in [6, 6.07) is 23.4. The molecule has 0 unspecified atom stereocenters. The number of benzene rings is 3. The van der Waals surface area contributed by atoms with Crippen LogP contribution in [0.15, 0.2) is 79.0 Å². The summed E-state index contributed by atoms with van der Waals surface area (Å²) in [4.78, 5) is 22.2. The number of nitrogens with zero attached hydrogens (tertiary/aromatic N) is 3. The second-order valence-electron chi connectivity index (χ2n) is 8.18. The molecule has 7 heteroatoms. The first-order chi connectivity index (χ1) is 16.6. The number of aromatic nitrogens is 1. The summed E-state index contributed by atoms with van der Waals surface area (Å²) in [7, 11) is 1.64. The number of hydrogen-bond donors (Lipinski definition) is 1. The average molecular weight is 473 g/mol. The van der Waals surface area contributed by atoms with Gasteiger partial charge in [0.25, 0.3) is 5.91 Å². The first kappa shape index (κ1) is 22.0. The highest BCUT2D eigenvalue weighted by Crippen LogP contribution is 2.29. The standard InChI is InChI=1S/C27H25ClN4O2/c1-34-22-11-9-20(10-12-22)30-26-24-8-3-2-7-23(24)25(18-29-26)27(33)32-15-13-31(14-16-32)21-6-4-5-19(28)17-21/h2-12,17-18H,13-16H2,1H3,(H,29,30). The van der Waals surface area contributed by atoms with Crippen LogP contribution in [-0.2, 0) is 0 Å². The topological polar surface area (TPSA) is 57.7 Å². The van der Waals surface area contributed by atoms with Gasteiger partial charge in [0.05, 0.1) is 12.7 Å². The number of carbonyl (C=O) groups excluding carboxylic acids is 1. The summed E-state index contributed by atoms with van der Waals surface area (Å²) in [5.41, 5.74) is 2.60. The van der Waals surface area contributed by atoms with E-state index in [2.05, 4.69) is 21.3 Å². The average Bonchev–Trinajstić information content (AvgIpc) is 2.89. The van der Waals surface area contributed by atoms with Gasteiger partial charge >= 0.3 is 0 Å². The Kier molecular flexibility index (Phi) is 6.23. The van der Waals surface area contributed by atoms with E-state index in [-0.39, 0.29) is 5.91 Å². The quantitative estimate of drug-likeness (QED) is 0.409. The first-order valence-electron chi connectivity index (χ1n) is 11.2. The summed E-state index contributed by atoms with van der Waals surface area (Å²) < 4.78 is 5.23. The van der Waals surface area contributed by atoms with Crippen LogP contribution in [0.3, 0.4) is 0 Å². The van der Waals surface area contributed by atoms with Crippen molar-refractivity contribution < 1.29 is 9.53 Å². The van der Waals surface area contributed by atoms with Crippen molar-refractivity contribution in [3.63, 3.8) is 0 Å². The van der Waals surface area contributed by atoms with Crippen molar-refractivity contribution in [3.8, 4) is 5.75 Å². The molecule has 1 amide bonds. The van der Waals surface area contributed by atoms with Gasteiger partial charge < -0.3 is 19.9 Å². The molecule has 1 aliphatic heterocycles. The molecule has 6 nitrogen and oxygen atoms in total. The lowest BCUT2D eigenvalue weighted by Gasteiger charge is -2.36. The molecule has 1 aliphatic rings. The number of piperazine rings is 1. The van der Waals surface area contributed by atoms with Gasteiger partial charge in [-0.3, -0.25) is 4.79 Å². The number of fused-ring (bicyclic) bond motifs is 1. The Morgan fingerprint density at radius 1 is 0.941 bits per heavy atom. The minimum atomic E-state index is 0.00504. The number of hydrogen-bond acceptors (Lipinski definition) is 5. The van der Waals surface area contributed by atoms with Crippen molar-refractivity contribution in [3.05, 3.63) is 89.6 Å². The van der Waals surface area contributed by atoms with Crippen LogP contribution in [0, 0.1) is 0 Å². The number of nitrogens with one attached hydrogen (secondary N) is 1. The summed E-state index contributed by atoms with van der Waals surface area (Å²) in [5, 5.41) is 5.87. The maximum atomic E-state index is 13.5. The number of methoxy groups -OCH3 is 1. The predicted octanol–water partition coefficient (Wildman–Crippen LogP) is 5.60. The van der Waals surface area contributed by atoms with Crippen LogP contribution in [-0.4, -0.2) is 49.1 Å². The van der Waals surface area contributed by atoms with E-state index in [4.69, 9.17) is 16.3 Å². The first-order valence-corrected chi connectivity index (χ1v) is 11.6. The second kappa shape index (κ2) is 9.61. The van der Waals surface area contributed by atoms with Gasteiger partial charge in [-0.15, -0.1) is 0 Å². The van der Waals surface area contributed by atoms with Crippen molar-refractivity contribution in [2.75, 3.05) is 43.5 Å². The SMILES string of the molecule is COc1ccc(Nc2ncc(C(=O)N3CCN(c4cccc(Cl)c4)CC3)c3ccccc23)cc1. The second-order valence-corrected chi connectivity index (χ2v) is 8.62. The fourth-order valence-corrected chi connectivity index (χ4v) is 4.47. The van der Waals surface area contributed by atoms with Gasteiger partial charge in [0.2, 0.25) is 0 Å². The highest BCUT2D eigenvalue weighted by atomic mass is 35.5. The Balaban J connectivity index is 1.35. The molecule has 1 N–H and O–H groups in total. The third-order valence-corrected chi connectivity index (χ3v) is 6.35. The van der Waals surface area contributed by atoms with Crippen LogP contribution < -0.4 is 15.0 Å². The lowest BCUT2D eigenvalue weighted by molar-refractivity contribution is 0.0748. The van der Waals surface area contributed by atoms with E-state index in [1.807, 2.05) is 71.6 Å². The van der Waals surface area contributed by atoms with Gasteiger partial charge in [0, 0.05) is 54.2 Å². The van der Waals surface area contributed by atoms with Crippen molar-refractivity contribution in [1.82, 2.24) is 9.88 Å². The maximum Gasteiger partial charge on any atom is 0.256 e. The molecule has 34 heavy (non-hydrogen) atoms. The molecule has 0 bridgehead atoms. The van der Waals surface area contributed by atoms with Crippen molar-refractivity contribution in [1.29, 1.82) is 0 Å². The van der Waals surface area contributed by atoms with Gasteiger partial charge in [-0.05, 0) is 47.9 Å². The van der Waals surface area contributed by atoms with Gasteiger partial charge in [-0.2, -0.15) is 0 Å². The number of ether oxygens (including phenoxy) is 1. The van der Waals surface area contributed by atoms with E-state index in [9.17, 15) is 4.79 Å². The highest BCUT2D eigenvalue weighted by Gasteiger charge is 2.24. The van der Waals surface area contributed by atoms with Crippen LogP contribution in [0.4, 0.5) is 17.2 Å². The summed E-state index contributed by atoms with van der Waals surface area (Å²) in [6.07, 6.45) is 1.68. The Hall–Kier alpha value is -3.77. The van der Waals surface area contributed by atoms with Crippen molar-refractivity contribution in [2.45, 2.75) is 0 Å². The van der Waals surface area contributed by atoms with Crippen LogP contribution in [0.25, 0.3) is 10.8 Å². The third kappa shape index (κ3) is 4.50. The third-order valence-electron chi connectivity index (χ3n) is 6.12. The lowest BCUT2D eigenvalue weighted by atomic mass is 10.1. The molecule has 172 valence electrons. The summed E-state index contributed by atoms with van der Waals surface area (Å²) >= 11 is 6.15. The van der Waals surface area contributed by atoms with Crippen LogP contribution in [0.2, 0.25) is 5.02 Å². The van der Waals surface area contributed by atoms with Gasteiger partial charge in [-0.1, -0.05) is 41.9 Å². The number of pyridine rings is 1. The van der Waals surface area contributed by atoms with Crippen LogP contribution in [0.1, 0.15) is 10.4 Å². The largest absolute Gasteiger partial charge is 0.497 e. The van der Waals surface area contributed by atoms with Gasteiger partial charge in [-0.25, -0.2) is 4.98 Å². The molecular formula is C27H25ClN4O2. The number of anilines is 3. The molecule has 0 aliphatic carbocycles. The molecule has 0 saturated carbocycles. The molecule has 2 heterocycles. The zero-order valence-electron chi connectivity index (χ0n) is 18.9. The predicted molar refractivity (Wildman–Crippen MR) is 138 cm³/mol.